The van der Waals surface area contributed by atoms with Gasteiger partial charge in [0.2, 0.25) is 0 Å². The molecule has 0 fully saturated rings. The Bertz CT molecular complexity index is 344. The monoisotopic (exact) mass is 424 g/mol. The van der Waals surface area contributed by atoms with Crippen molar-refractivity contribution in [3.05, 3.63) is 0 Å². The van der Waals surface area contributed by atoms with E-state index in [1.165, 1.54) is 0 Å². The van der Waals surface area contributed by atoms with Gasteiger partial charge in [-0.05, 0) is 6.42 Å². The van der Waals surface area contributed by atoms with E-state index < -0.39 is 0 Å². The number of carbonyl (C=O) groups excluding carboxylic acids is 2. The molecular formula is C19H36O10. The van der Waals surface area contributed by atoms with Crippen LogP contribution in [-0.2, 0) is 47.5 Å². The lowest BCUT2D eigenvalue weighted by Gasteiger charge is -2.08. The number of esters is 2. The zero-order valence-corrected chi connectivity index (χ0v) is 17.7. The van der Waals surface area contributed by atoms with Crippen LogP contribution < -0.4 is 0 Å². The van der Waals surface area contributed by atoms with Crippen molar-refractivity contribution in [1.29, 1.82) is 0 Å². The normalized spacial score (nSPS) is 10.8. The maximum Gasteiger partial charge on any atom is 0.305 e. The second-order valence-electron chi connectivity index (χ2n) is 5.73. The van der Waals surface area contributed by atoms with Crippen LogP contribution in [0.2, 0.25) is 0 Å². The van der Waals surface area contributed by atoms with E-state index in [9.17, 15) is 9.59 Å². The lowest BCUT2D eigenvalue weighted by molar-refractivity contribution is -0.147. The summed E-state index contributed by atoms with van der Waals surface area (Å²) < 4.78 is 40.7. The van der Waals surface area contributed by atoms with E-state index in [1.807, 2.05) is 0 Å². The smallest absolute Gasteiger partial charge is 0.305 e. The molecule has 0 spiro atoms. The minimum absolute atomic E-state index is 0.157. The Morgan fingerprint density at radius 1 is 0.483 bits per heavy atom. The second kappa shape index (κ2) is 23.0. The van der Waals surface area contributed by atoms with Gasteiger partial charge in [-0.2, -0.15) is 0 Å². The third kappa shape index (κ3) is 22.8. The molecule has 0 aliphatic carbocycles. The van der Waals surface area contributed by atoms with E-state index in [1.54, 1.807) is 14.2 Å². The first-order valence-corrected chi connectivity index (χ1v) is 9.80. The third-order valence-electron chi connectivity index (χ3n) is 3.35. The summed E-state index contributed by atoms with van der Waals surface area (Å²) in [6.45, 7) is 4.88. The van der Waals surface area contributed by atoms with Crippen LogP contribution in [0.15, 0.2) is 0 Å². The van der Waals surface area contributed by atoms with Crippen molar-refractivity contribution < 1.29 is 47.5 Å². The van der Waals surface area contributed by atoms with Crippen LogP contribution in [0.5, 0.6) is 0 Å². The highest BCUT2D eigenvalue weighted by atomic mass is 16.6. The number of carbonyl (C=O) groups is 2. The fourth-order valence-electron chi connectivity index (χ4n) is 1.88. The molecule has 0 saturated carbocycles. The van der Waals surface area contributed by atoms with Crippen molar-refractivity contribution in [3.8, 4) is 0 Å². The summed E-state index contributed by atoms with van der Waals surface area (Å²) in [5, 5.41) is 0. The topological polar surface area (TPSA) is 108 Å². The highest BCUT2D eigenvalue weighted by Gasteiger charge is 2.07. The van der Waals surface area contributed by atoms with Crippen molar-refractivity contribution in [2.45, 2.75) is 19.3 Å². The predicted octanol–water partition coefficient (Wildman–Crippen LogP) is 0.602. The fraction of sp³-hybridized carbons (Fsp3) is 0.895. The highest BCUT2D eigenvalue weighted by Crippen LogP contribution is 2.00. The largest absolute Gasteiger partial charge is 0.463 e. The number of hydrogen-bond donors (Lipinski definition) is 0. The highest BCUT2D eigenvalue weighted by molar-refractivity contribution is 5.72. The van der Waals surface area contributed by atoms with Crippen LogP contribution in [0, 0.1) is 0 Å². The number of methoxy groups -OCH3 is 2. The molecule has 0 heterocycles. The fourth-order valence-corrected chi connectivity index (χ4v) is 1.88. The molecule has 0 aliphatic heterocycles. The Kier molecular flexibility index (Phi) is 22.0. The number of ether oxygens (including phenoxy) is 8. The Morgan fingerprint density at radius 3 is 1.14 bits per heavy atom. The number of rotatable bonds is 22. The van der Waals surface area contributed by atoms with E-state index in [0.717, 1.165) is 0 Å². The van der Waals surface area contributed by atoms with Gasteiger partial charge in [0.15, 0.2) is 0 Å². The van der Waals surface area contributed by atoms with Gasteiger partial charge >= 0.3 is 11.9 Å². The standard InChI is InChI=1S/C19H36O10/c1-22-6-8-24-10-12-26-14-16-28-18(20)4-3-5-19(21)29-17-15-27-13-11-25-9-7-23-2/h3-17H2,1-2H3. The summed E-state index contributed by atoms with van der Waals surface area (Å²) in [5.41, 5.74) is 0. The van der Waals surface area contributed by atoms with Crippen LogP contribution in [0.25, 0.3) is 0 Å². The van der Waals surface area contributed by atoms with Crippen molar-refractivity contribution in [1.82, 2.24) is 0 Å². The summed E-state index contributed by atoms with van der Waals surface area (Å²) in [5.74, 6) is -0.732. The van der Waals surface area contributed by atoms with Gasteiger partial charge in [-0.15, -0.1) is 0 Å². The maximum atomic E-state index is 11.6. The lowest BCUT2D eigenvalue weighted by atomic mass is 10.2. The van der Waals surface area contributed by atoms with Gasteiger partial charge in [0.1, 0.15) is 13.2 Å². The SMILES string of the molecule is COCCOCCOCCOC(=O)CCCC(=O)OCCOCCOCCOC. The van der Waals surface area contributed by atoms with Gasteiger partial charge in [-0.3, -0.25) is 9.59 Å². The summed E-state index contributed by atoms with van der Waals surface area (Å²) in [4.78, 5) is 23.1. The van der Waals surface area contributed by atoms with E-state index in [0.29, 0.717) is 72.5 Å². The molecule has 0 radical (unpaired) electrons. The molecule has 0 unspecified atom stereocenters. The van der Waals surface area contributed by atoms with Gasteiger partial charge in [0.25, 0.3) is 0 Å². The van der Waals surface area contributed by atoms with Gasteiger partial charge in [0.05, 0.1) is 66.1 Å². The summed E-state index contributed by atoms with van der Waals surface area (Å²) in [7, 11) is 3.22. The molecular weight excluding hydrogens is 388 g/mol. The molecule has 0 aliphatic rings. The molecule has 10 heteroatoms. The summed E-state index contributed by atoms with van der Waals surface area (Å²) >= 11 is 0. The molecule has 0 rings (SSSR count). The van der Waals surface area contributed by atoms with Crippen molar-refractivity contribution in [3.63, 3.8) is 0 Å². The van der Waals surface area contributed by atoms with Crippen molar-refractivity contribution >= 4 is 11.9 Å². The third-order valence-corrected chi connectivity index (χ3v) is 3.35. The average molecular weight is 424 g/mol. The first-order chi connectivity index (χ1) is 14.2. The van der Waals surface area contributed by atoms with Gasteiger partial charge in [-0.25, -0.2) is 0 Å². The van der Waals surface area contributed by atoms with Crippen LogP contribution in [0.4, 0.5) is 0 Å². The van der Waals surface area contributed by atoms with Crippen LogP contribution in [-0.4, -0.2) is 105 Å². The predicted molar refractivity (Wildman–Crippen MR) is 103 cm³/mol. The molecule has 0 aromatic rings. The van der Waals surface area contributed by atoms with E-state index in [-0.39, 0.29) is 38.0 Å². The zero-order chi connectivity index (χ0) is 21.4. The van der Waals surface area contributed by atoms with Crippen LogP contribution >= 0.6 is 0 Å². The van der Waals surface area contributed by atoms with Gasteiger partial charge < -0.3 is 37.9 Å². The lowest BCUT2D eigenvalue weighted by Crippen LogP contribution is -2.15. The molecule has 0 aromatic carbocycles. The minimum Gasteiger partial charge on any atom is -0.463 e. The van der Waals surface area contributed by atoms with E-state index >= 15 is 0 Å². The first kappa shape index (κ1) is 27.7. The van der Waals surface area contributed by atoms with E-state index in [4.69, 9.17) is 37.9 Å². The second-order valence-corrected chi connectivity index (χ2v) is 5.73. The summed E-state index contributed by atoms with van der Waals surface area (Å²) in [6, 6.07) is 0. The minimum atomic E-state index is -0.366. The molecule has 0 aromatic heterocycles. The Morgan fingerprint density at radius 2 is 0.793 bits per heavy atom. The number of hydrogen-bond acceptors (Lipinski definition) is 10. The van der Waals surface area contributed by atoms with Crippen LogP contribution in [0.1, 0.15) is 19.3 Å². The van der Waals surface area contributed by atoms with Gasteiger partial charge in [-0.1, -0.05) is 0 Å². The molecule has 29 heavy (non-hydrogen) atoms. The van der Waals surface area contributed by atoms with Gasteiger partial charge in [0, 0.05) is 27.1 Å². The first-order valence-electron chi connectivity index (χ1n) is 9.80. The maximum absolute atomic E-state index is 11.6. The van der Waals surface area contributed by atoms with Crippen molar-refractivity contribution in [2.75, 3.05) is 93.5 Å². The van der Waals surface area contributed by atoms with Crippen molar-refractivity contribution in [2.24, 2.45) is 0 Å². The quantitative estimate of drug-likeness (QED) is 0.181. The summed E-state index contributed by atoms with van der Waals surface area (Å²) in [6.07, 6.45) is 0.690. The molecule has 172 valence electrons. The zero-order valence-electron chi connectivity index (χ0n) is 17.7. The molecule has 0 saturated heterocycles. The van der Waals surface area contributed by atoms with E-state index in [2.05, 4.69) is 0 Å². The Hall–Kier alpha value is -1.30. The Labute approximate surface area is 173 Å². The average Bonchev–Trinajstić information content (AvgIpc) is 2.71. The van der Waals surface area contributed by atoms with Crippen LogP contribution in [0.3, 0.4) is 0 Å². The Balaban J connectivity index is 3.31. The molecule has 0 N–H and O–H groups in total. The molecule has 0 atom stereocenters. The molecule has 0 amide bonds. The molecule has 10 nitrogen and oxygen atoms in total. The molecule has 0 bridgehead atoms.